The first-order valence-electron chi connectivity index (χ1n) is 5.51. The van der Waals surface area contributed by atoms with Crippen LogP contribution in [0.3, 0.4) is 0 Å². The first-order chi connectivity index (χ1) is 8.16. The van der Waals surface area contributed by atoms with E-state index in [-0.39, 0.29) is 5.82 Å². The summed E-state index contributed by atoms with van der Waals surface area (Å²) in [5.74, 6) is -0.334. The van der Waals surface area contributed by atoms with Crippen LogP contribution in [0.1, 0.15) is 22.9 Å². The second-order valence-electron chi connectivity index (χ2n) is 4.04. The maximum atomic E-state index is 13.0. The van der Waals surface area contributed by atoms with Crippen LogP contribution in [0.4, 0.5) is 4.39 Å². The maximum absolute atomic E-state index is 13.0. The Kier molecular flexibility index (Phi) is 3.49. The molecule has 17 heavy (non-hydrogen) atoms. The molecular formula is C14H14FNO. The molecule has 0 bridgehead atoms. The van der Waals surface area contributed by atoms with Gasteiger partial charge in [-0.3, -0.25) is 4.98 Å². The third-order valence-corrected chi connectivity index (χ3v) is 2.74. The topological polar surface area (TPSA) is 33.1 Å². The normalized spacial score (nSPS) is 12.4. The molecule has 1 unspecified atom stereocenters. The lowest BCUT2D eigenvalue weighted by Crippen LogP contribution is -2.05. The average Bonchev–Trinajstić information content (AvgIpc) is 2.32. The van der Waals surface area contributed by atoms with E-state index < -0.39 is 6.10 Å². The quantitative estimate of drug-likeness (QED) is 0.881. The van der Waals surface area contributed by atoms with Gasteiger partial charge in [-0.25, -0.2) is 4.39 Å². The van der Waals surface area contributed by atoms with Gasteiger partial charge in [0.1, 0.15) is 5.82 Å². The number of aliphatic hydroxyl groups excluding tert-OH is 1. The van der Waals surface area contributed by atoms with Crippen molar-refractivity contribution in [1.29, 1.82) is 0 Å². The molecule has 0 aliphatic carbocycles. The van der Waals surface area contributed by atoms with Crippen LogP contribution < -0.4 is 0 Å². The molecule has 1 N–H and O–H groups in total. The number of rotatable bonds is 3. The van der Waals surface area contributed by atoms with E-state index in [1.54, 1.807) is 18.3 Å². The Bertz CT molecular complexity index is 513. The minimum Gasteiger partial charge on any atom is -0.388 e. The zero-order chi connectivity index (χ0) is 12.3. The smallest absolute Gasteiger partial charge is 0.123 e. The number of benzene rings is 1. The minimum atomic E-state index is -0.723. The summed E-state index contributed by atoms with van der Waals surface area (Å²) in [6, 6.07) is 9.82. The summed E-state index contributed by atoms with van der Waals surface area (Å²) in [6.07, 6.45) is 1.37. The number of aliphatic hydroxyl groups is 1. The zero-order valence-electron chi connectivity index (χ0n) is 9.60. The molecule has 1 aromatic carbocycles. The van der Waals surface area contributed by atoms with Crippen LogP contribution in [0.25, 0.3) is 0 Å². The second kappa shape index (κ2) is 5.06. The van der Waals surface area contributed by atoms with E-state index in [0.29, 0.717) is 12.0 Å². The van der Waals surface area contributed by atoms with Gasteiger partial charge in [0.2, 0.25) is 0 Å². The molecule has 1 aromatic heterocycles. The summed E-state index contributed by atoms with van der Waals surface area (Å²) in [6.45, 7) is 1.95. The van der Waals surface area contributed by atoms with Crippen molar-refractivity contribution in [3.05, 3.63) is 65.2 Å². The molecule has 2 rings (SSSR count). The van der Waals surface area contributed by atoms with Crippen LogP contribution in [0.5, 0.6) is 0 Å². The summed E-state index contributed by atoms with van der Waals surface area (Å²) in [4.78, 5) is 4.21. The molecule has 2 nitrogen and oxygen atoms in total. The lowest BCUT2D eigenvalue weighted by molar-refractivity contribution is 0.176. The van der Waals surface area contributed by atoms with Gasteiger partial charge < -0.3 is 5.11 Å². The Hall–Kier alpha value is -1.74. The summed E-state index contributed by atoms with van der Waals surface area (Å²) in [5, 5.41) is 10.0. The highest BCUT2D eigenvalue weighted by atomic mass is 19.1. The molecular weight excluding hydrogens is 217 g/mol. The van der Waals surface area contributed by atoms with Crippen molar-refractivity contribution < 1.29 is 9.50 Å². The van der Waals surface area contributed by atoms with Crippen molar-refractivity contribution in [2.75, 3.05) is 0 Å². The molecule has 0 spiro atoms. The Labute approximate surface area is 99.8 Å². The Balaban J connectivity index is 2.17. The highest BCUT2D eigenvalue weighted by Gasteiger charge is 2.11. The molecule has 0 radical (unpaired) electrons. The molecule has 1 heterocycles. The summed E-state index contributed by atoms with van der Waals surface area (Å²) in [7, 11) is 0. The monoisotopic (exact) mass is 231 g/mol. The van der Waals surface area contributed by atoms with E-state index in [1.807, 2.05) is 19.1 Å². The van der Waals surface area contributed by atoms with Crippen molar-refractivity contribution in [3.63, 3.8) is 0 Å². The predicted molar refractivity (Wildman–Crippen MR) is 64.0 cm³/mol. The van der Waals surface area contributed by atoms with Gasteiger partial charge in [0.05, 0.1) is 6.10 Å². The van der Waals surface area contributed by atoms with Gasteiger partial charge in [0, 0.05) is 18.3 Å². The number of nitrogens with zero attached hydrogens (tertiary/aromatic N) is 1. The Morgan fingerprint density at radius 1 is 1.29 bits per heavy atom. The van der Waals surface area contributed by atoms with Crippen LogP contribution >= 0.6 is 0 Å². The number of hydrogen-bond donors (Lipinski definition) is 1. The predicted octanol–water partition coefficient (Wildman–Crippen LogP) is 2.81. The lowest BCUT2D eigenvalue weighted by atomic mass is 10.0. The van der Waals surface area contributed by atoms with Crippen molar-refractivity contribution in [1.82, 2.24) is 4.98 Å². The van der Waals surface area contributed by atoms with Gasteiger partial charge in [0.15, 0.2) is 0 Å². The van der Waals surface area contributed by atoms with E-state index in [4.69, 9.17) is 0 Å². The summed E-state index contributed by atoms with van der Waals surface area (Å²) in [5.41, 5.74) is 2.45. The van der Waals surface area contributed by atoms with Gasteiger partial charge in [-0.1, -0.05) is 18.2 Å². The third kappa shape index (κ3) is 2.88. The van der Waals surface area contributed by atoms with Crippen molar-refractivity contribution in [2.24, 2.45) is 0 Å². The molecule has 0 aliphatic heterocycles. The largest absolute Gasteiger partial charge is 0.388 e. The van der Waals surface area contributed by atoms with Crippen molar-refractivity contribution in [3.8, 4) is 0 Å². The molecule has 1 atom stereocenters. The SMILES string of the molecule is Cc1cccnc1CC(O)c1cccc(F)c1. The maximum Gasteiger partial charge on any atom is 0.123 e. The van der Waals surface area contributed by atoms with Gasteiger partial charge in [0.25, 0.3) is 0 Å². The van der Waals surface area contributed by atoms with E-state index >= 15 is 0 Å². The first kappa shape index (κ1) is 11.7. The van der Waals surface area contributed by atoms with Gasteiger partial charge in [-0.05, 0) is 36.2 Å². The Morgan fingerprint density at radius 2 is 2.12 bits per heavy atom. The number of aryl methyl sites for hydroxylation is 1. The average molecular weight is 231 g/mol. The highest BCUT2D eigenvalue weighted by molar-refractivity contribution is 5.23. The van der Waals surface area contributed by atoms with E-state index in [1.165, 1.54) is 12.1 Å². The molecule has 3 heteroatoms. The van der Waals surface area contributed by atoms with Crippen LogP contribution in [-0.4, -0.2) is 10.1 Å². The molecule has 0 saturated carbocycles. The van der Waals surface area contributed by atoms with Crippen molar-refractivity contribution in [2.45, 2.75) is 19.4 Å². The molecule has 0 fully saturated rings. The second-order valence-corrected chi connectivity index (χ2v) is 4.04. The summed E-state index contributed by atoms with van der Waals surface area (Å²) >= 11 is 0. The van der Waals surface area contributed by atoms with Gasteiger partial charge in [-0.2, -0.15) is 0 Å². The van der Waals surface area contributed by atoms with Crippen LogP contribution in [-0.2, 0) is 6.42 Å². The fraction of sp³-hybridized carbons (Fsp3) is 0.214. The first-order valence-corrected chi connectivity index (χ1v) is 5.51. The molecule has 2 aromatic rings. The van der Waals surface area contributed by atoms with Gasteiger partial charge in [-0.15, -0.1) is 0 Å². The zero-order valence-corrected chi connectivity index (χ0v) is 9.60. The molecule has 0 amide bonds. The van der Waals surface area contributed by atoms with E-state index in [9.17, 15) is 9.50 Å². The number of halogens is 1. The molecule has 88 valence electrons. The number of pyridine rings is 1. The fourth-order valence-electron chi connectivity index (χ4n) is 1.75. The number of hydrogen-bond acceptors (Lipinski definition) is 2. The highest BCUT2D eigenvalue weighted by Crippen LogP contribution is 2.19. The van der Waals surface area contributed by atoms with E-state index in [2.05, 4.69) is 4.98 Å². The fourth-order valence-corrected chi connectivity index (χ4v) is 1.75. The van der Waals surface area contributed by atoms with Crippen LogP contribution in [0.2, 0.25) is 0 Å². The van der Waals surface area contributed by atoms with E-state index in [0.717, 1.165) is 11.3 Å². The Morgan fingerprint density at radius 3 is 2.82 bits per heavy atom. The van der Waals surface area contributed by atoms with Crippen LogP contribution in [0, 0.1) is 12.7 Å². The molecule has 0 aliphatic rings. The molecule has 0 saturated heterocycles. The minimum absolute atomic E-state index is 0.334. The van der Waals surface area contributed by atoms with Crippen molar-refractivity contribution >= 4 is 0 Å². The van der Waals surface area contributed by atoms with Gasteiger partial charge >= 0.3 is 0 Å². The standard InChI is InChI=1S/C14H14FNO/c1-10-4-3-7-16-13(10)9-14(17)11-5-2-6-12(15)8-11/h2-8,14,17H,9H2,1H3. The summed E-state index contributed by atoms with van der Waals surface area (Å²) < 4.78 is 13.0. The lowest BCUT2D eigenvalue weighted by Gasteiger charge is -2.12. The van der Waals surface area contributed by atoms with Crippen LogP contribution in [0.15, 0.2) is 42.6 Å². The third-order valence-electron chi connectivity index (χ3n) is 2.74. The number of aromatic nitrogens is 1.